The standard InChI is InChI=1S/C7H11N3O.C2H6/c1-4-6(8)9-5(2)10-7(4)11-3;1-2/h1-3H3,(H2,8,9,10);1-2H3. The summed E-state index contributed by atoms with van der Waals surface area (Å²) in [6, 6.07) is 0. The minimum Gasteiger partial charge on any atom is -0.481 e. The van der Waals surface area contributed by atoms with Gasteiger partial charge in [-0.05, 0) is 13.8 Å². The lowest BCUT2D eigenvalue weighted by atomic mass is 10.3. The van der Waals surface area contributed by atoms with Gasteiger partial charge >= 0.3 is 0 Å². The van der Waals surface area contributed by atoms with E-state index in [1.807, 2.05) is 20.8 Å². The van der Waals surface area contributed by atoms with Crippen molar-refractivity contribution in [2.24, 2.45) is 0 Å². The van der Waals surface area contributed by atoms with Gasteiger partial charge in [0.05, 0.1) is 12.7 Å². The van der Waals surface area contributed by atoms with Gasteiger partial charge in [0.1, 0.15) is 11.6 Å². The van der Waals surface area contributed by atoms with Crippen molar-refractivity contribution in [2.45, 2.75) is 27.7 Å². The predicted octanol–water partition coefficient (Wildman–Crippen LogP) is 1.71. The largest absolute Gasteiger partial charge is 0.481 e. The van der Waals surface area contributed by atoms with E-state index in [1.54, 1.807) is 14.0 Å². The molecule has 0 aliphatic rings. The summed E-state index contributed by atoms with van der Waals surface area (Å²) in [6.07, 6.45) is 0. The van der Waals surface area contributed by atoms with E-state index >= 15 is 0 Å². The Balaban J connectivity index is 0.000000671. The number of anilines is 1. The highest BCUT2D eigenvalue weighted by Gasteiger charge is 2.04. The molecule has 1 aromatic rings. The molecule has 0 aliphatic heterocycles. The number of hydrogen-bond donors (Lipinski definition) is 1. The first-order valence-corrected chi connectivity index (χ1v) is 4.30. The monoisotopic (exact) mass is 183 g/mol. The van der Waals surface area contributed by atoms with Gasteiger partial charge in [0.25, 0.3) is 0 Å². The number of aryl methyl sites for hydroxylation is 1. The first-order valence-electron chi connectivity index (χ1n) is 4.30. The number of rotatable bonds is 1. The number of nitrogens with zero attached hydrogens (tertiary/aromatic N) is 2. The molecule has 4 heteroatoms. The minimum atomic E-state index is 0.481. The smallest absolute Gasteiger partial charge is 0.221 e. The molecule has 74 valence electrons. The maximum Gasteiger partial charge on any atom is 0.221 e. The maximum absolute atomic E-state index is 5.57. The van der Waals surface area contributed by atoms with Crippen LogP contribution < -0.4 is 10.5 Å². The molecule has 0 spiro atoms. The molecular formula is C9H17N3O. The Morgan fingerprint density at radius 2 is 1.69 bits per heavy atom. The Morgan fingerprint density at radius 3 is 2.15 bits per heavy atom. The zero-order valence-corrected chi connectivity index (χ0v) is 8.88. The van der Waals surface area contributed by atoms with Crippen LogP contribution in [0.3, 0.4) is 0 Å². The third-order valence-electron chi connectivity index (χ3n) is 1.44. The van der Waals surface area contributed by atoms with Crippen LogP contribution in [0.4, 0.5) is 5.82 Å². The second-order valence-corrected chi connectivity index (χ2v) is 2.29. The molecule has 0 atom stereocenters. The topological polar surface area (TPSA) is 61.0 Å². The van der Waals surface area contributed by atoms with Crippen molar-refractivity contribution in [3.05, 3.63) is 11.4 Å². The summed E-state index contributed by atoms with van der Waals surface area (Å²) in [5.74, 6) is 1.66. The average molecular weight is 183 g/mol. The van der Waals surface area contributed by atoms with Gasteiger partial charge in [-0.3, -0.25) is 0 Å². The molecule has 0 bridgehead atoms. The Morgan fingerprint density at radius 1 is 1.15 bits per heavy atom. The van der Waals surface area contributed by atoms with Gasteiger partial charge in [-0.25, -0.2) is 4.98 Å². The van der Waals surface area contributed by atoms with E-state index in [9.17, 15) is 0 Å². The Kier molecular flexibility index (Phi) is 4.80. The summed E-state index contributed by atoms with van der Waals surface area (Å²) in [5.41, 5.74) is 6.36. The van der Waals surface area contributed by atoms with Gasteiger partial charge in [-0.15, -0.1) is 0 Å². The fraction of sp³-hybridized carbons (Fsp3) is 0.556. The lowest BCUT2D eigenvalue weighted by molar-refractivity contribution is 0.392. The molecule has 13 heavy (non-hydrogen) atoms. The number of methoxy groups -OCH3 is 1. The quantitative estimate of drug-likeness (QED) is 0.720. The molecule has 0 unspecified atom stereocenters. The van der Waals surface area contributed by atoms with Gasteiger partial charge in [-0.2, -0.15) is 4.98 Å². The predicted molar refractivity (Wildman–Crippen MR) is 53.8 cm³/mol. The summed E-state index contributed by atoms with van der Waals surface area (Å²) in [7, 11) is 1.56. The number of nitrogens with two attached hydrogens (primary N) is 1. The van der Waals surface area contributed by atoms with Crippen LogP contribution in [-0.4, -0.2) is 17.1 Å². The first kappa shape index (κ1) is 11.7. The molecule has 4 nitrogen and oxygen atoms in total. The summed E-state index contributed by atoms with van der Waals surface area (Å²) < 4.78 is 4.98. The minimum absolute atomic E-state index is 0.481. The van der Waals surface area contributed by atoms with E-state index in [-0.39, 0.29) is 0 Å². The van der Waals surface area contributed by atoms with Crippen molar-refractivity contribution < 1.29 is 4.74 Å². The molecule has 1 aromatic heterocycles. The van der Waals surface area contributed by atoms with Crippen LogP contribution in [0.15, 0.2) is 0 Å². The van der Waals surface area contributed by atoms with Crippen molar-refractivity contribution >= 4 is 5.82 Å². The van der Waals surface area contributed by atoms with E-state index < -0.39 is 0 Å². The Hall–Kier alpha value is -1.32. The fourth-order valence-corrected chi connectivity index (χ4v) is 0.822. The highest BCUT2D eigenvalue weighted by Crippen LogP contribution is 2.17. The summed E-state index contributed by atoms with van der Waals surface area (Å²) in [6.45, 7) is 7.60. The fourth-order valence-electron chi connectivity index (χ4n) is 0.822. The van der Waals surface area contributed by atoms with Gasteiger partial charge in [0, 0.05) is 0 Å². The average Bonchev–Trinajstić information content (AvgIpc) is 2.14. The number of nitrogen functional groups attached to an aromatic ring is 1. The lowest BCUT2D eigenvalue weighted by Gasteiger charge is -2.05. The van der Waals surface area contributed by atoms with Crippen molar-refractivity contribution in [3.63, 3.8) is 0 Å². The van der Waals surface area contributed by atoms with Crippen LogP contribution in [0.25, 0.3) is 0 Å². The van der Waals surface area contributed by atoms with E-state index in [1.165, 1.54) is 0 Å². The van der Waals surface area contributed by atoms with Crippen LogP contribution in [0.5, 0.6) is 5.88 Å². The van der Waals surface area contributed by atoms with Crippen molar-refractivity contribution in [1.29, 1.82) is 0 Å². The number of hydrogen-bond acceptors (Lipinski definition) is 4. The molecule has 0 fully saturated rings. The van der Waals surface area contributed by atoms with Crippen molar-refractivity contribution in [3.8, 4) is 5.88 Å². The molecule has 0 radical (unpaired) electrons. The molecule has 0 saturated heterocycles. The highest BCUT2D eigenvalue weighted by molar-refractivity contribution is 5.44. The molecular weight excluding hydrogens is 166 g/mol. The van der Waals surface area contributed by atoms with Crippen LogP contribution in [-0.2, 0) is 0 Å². The molecule has 0 aliphatic carbocycles. The Labute approximate surface area is 79.2 Å². The van der Waals surface area contributed by atoms with Gasteiger partial charge < -0.3 is 10.5 Å². The summed E-state index contributed by atoms with van der Waals surface area (Å²) >= 11 is 0. The maximum atomic E-state index is 5.57. The van der Waals surface area contributed by atoms with Crippen LogP contribution in [0.1, 0.15) is 25.2 Å². The molecule has 1 rings (SSSR count). The normalized spacial score (nSPS) is 8.69. The summed E-state index contributed by atoms with van der Waals surface area (Å²) in [5, 5.41) is 0. The van der Waals surface area contributed by atoms with Crippen molar-refractivity contribution in [1.82, 2.24) is 9.97 Å². The van der Waals surface area contributed by atoms with Crippen LogP contribution in [0, 0.1) is 13.8 Å². The first-order chi connectivity index (χ1) is 6.15. The molecule has 0 amide bonds. The number of ether oxygens (including phenoxy) is 1. The van der Waals surface area contributed by atoms with Gasteiger partial charge in [0.2, 0.25) is 5.88 Å². The van der Waals surface area contributed by atoms with Crippen LogP contribution in [0.2, 0.25) is 0 Å². The third kappa shape index (κ3) is 2.89. The van der Waals surface area contributed by atoms with E-state index in [0.717, 1.165) is 5.56 Å². The Bertz CT molecular complexity index is 274. The van der Waals surface area contributed by atoms with E-state index in [2.05, 4.69) is 9.97 Å². The summed E-state index contributed by atoms with van der Waals surface area (Å²) in [4.78, 5) is 8.01. The molecule has 1 heterocycles. The second-order valence-electron chi connectivity index (χ2n) is 2.29. The highest BCUT2D eigenvalue weighted by atomic mass is 16.5. The van der Waals surface area contributed by atoms with Gasteiger partial charge in [-0.1, -0.05) is 13.8 Å². The van der Waals surface area contributed by atoms with E-state index in [0.29, 0.717) is 17.5 Å². The zero-order valence-electron chi connectivity index (χ0n) is 8.88. The zero-order chi connectivity index (χ0) is 10.4. The molecule has 0 saturated carbocycles. The lowest BCUT2D eigenvalue weighted by Crippen LogP contribution is -2.02. The molecule has 2 N–H and O–H groups in total. The molecule has 0 aromatic carbocycles. The van der Waals surface area contributed by atoms with Gasteiger partial charge in [0.15, 0.2) is 0 Å². The number of aromatic nitrogens is 2. The second kappa shape index (κ2) is 5.35. The SMILES string of the molecule is CC.COc1nc(C)nc(N)c1C. The van der Waals surface area contributed by atoms with Crippen molar-refractivity contribution in [2.75, 3.05) is 12.8 Å². The van der Waals surface area contributed by atoms with E-state index in [4.69, 9.17) is 10.5 Å². The van der Waals surface area contributed by atoms with Crippen LogP contribution >= 0.6 is 0 Å². The third-order valence-corrected chi connectivity index (χ3v) is 1.44.